The Kier molecular flexibility index (Phi) is 10.1. The van der Waals surface area contributed by atoms with Crippen LogP contribution >= 0.6 is 15.9 Å². The van der Waals surface area contributed by atoms with E-state index in [1.807, 2.05) is 0 Å². The third kappa shape index (κ3) is 8.36. The largest absolute Gasteiger partial charge is 0.0654 e. The second-order valence-electron chi connectivity index (χ2n) is 7.24. The number of rotatable bonds is 12. The maximum atomic E-state index is 3.62. The lowest BCUT2D eigenvalue weighted by atomic mass is 9.75. The van der Waals surface area contributed by atoms with Crippen LogP contribution in [-0.2, 0) is 6.42 Å². The summed E-state index contributed by atoms with van der Waals surface area (Å²) in [7, 11) is 0. The minimum atomic E-state index is 0.474. The molecule has 0 saturated carbocycles. The van der Waals surface area contributed by atoms with Crippen molar-refractivity contribution in [3.05, 3.63) is 34.3 Å². The Morgan fingerprint density at radius 2 is 1.45 bits per heavy atom. The normalized spacial score (nSPS) is 11.8. The van der Waals surface area contributed by atoms with Crippen LogP contribution in [0.25, 0.3) is 0 Å². The first-order valence-corrected chi connectivity index (χ1v) is 10.1. The summed E-state index contributed by atoms with van der Waals surface area (Å²) in [6, 6.07) is 8.90. The summed E-state index contributed by atoms with van der Waals surface area (Å²) in [5, 5.41) is 0. The molecule has 1 rings (SSSR count). The van der Waals surface area contributed by atoms with Crippen LogP contribution in [0.3, 0.4) is 0 Å². The minimum absolute atomic E-state index is 0.474. The van der Waals surface area contributed by atoms with Crippen molar-refractivity contribution in [3.8, 4) is 0 Å². The Morgan fingerprint density at radius 3 is 1.95 bits per heavy atom. The molecule has 0 atom stereocenters. The van der Waals surface area contributed by atoms with Gasteiger partial charge in [0.2, 0.25) is 0 Å². The van der Waals surface area contributed by atoms with E-state index in [0.29, 0.717) is 5.41 Å². The molecule has 0 N–H and O–H groups in total. The van der Waals surface area contributed by atoms with Gasteiger partial charge in [0.15, 0.2) is 0 Å². The van der Waals surface area contributed by atoms with Gasteiger partial charge in [0, 0.05) is 4.47 Å². The van der Waals surface area contributed by atoms with Crippen LogP contribution in [0.15, 0.2) is 28.7 Å². The smallest absolute Gasteiger partial charge is 0.0177 e. The lowest BCUT2D eigenvalue weighted by Gasteiger charge is -2.30. The molecule has 0 amide bonds. The predicted molar refractivity (Wildman–Crippen MR) is 103 cm³/mol. The highest BCUT2D eigenvalue weighted by atomic mass is 79.9. The first-order chi connectivity index (χ1) is 10.6. The van der Waals surface area contributed by atoms with Crippen molar-refractivity contribution in [2.75, 3.05) is 0 Å². The summed E-state index contributed by atoms with van der Waals surface area (Å²) >= 11 is 3.62. The van der Waals surface area contributed by atoms with E-state index in [1.54, 1.807) is 0 Å². The lowest BCUT2D eigenvalue weighted by Crippen LogP contribution is -2.20. The van der Waals surface area contributed by atoms with Crippen molar-refractivity contribution in [1.82, 2.24) is 0 Å². The van der Waals surface area contributed by atoms with Gasteiger partial charge in [0.1, 0.15) is 0 Å². The fourth-order valence-electron chi connectivity index (χ4n) is 3.40. The molecule has 0 bridgehead atoms. The third-order valence-corrected chi connectivity index (χ3v) is 5.28. The van der Waals surface area contributed by atoms with E-state index in [2.05, 4.69) is 61.0 Å². The Labute approximate surface area is 147 Å². The van der Waals surface area contributed by atoms with Crippen molar-refractivity contribution in [2.24, 2.45) is 5.41 Å². The maximum absolute atomic E-state index is 3.62. The fraction of sp³-hybridized carbons (Fsp3) is 0.714. The zero-order valence-electron chi connectivity index (χ0n) is 15.0. The van der Waals surface area contributed by atoms with Gasteiger partial charge in [-0.05, 0) is 42.4 Å². The van der Waals surface area contributed by atoms with Crippen molar-refractivity contribution in [2.45, 2.75) is 91.4 Å². The first kappa shape index (κ1) is 19.7. The minimum Gasteiger partial charge on any atom is -0.0654 e. The van der Waals surface area contributed by atoms with Crippen LogP contribution in [-0.4, -0.2) is 0 Å². The standard InChI is InChI=1S/C21H35Br/c1-4-6-8-10-15-21(3,16-11-9-7-5-2)18-19-13-12-14-20(22)17-19/h12-14,17H,4-11,15-16,18H2,1-3H3. The highest BCUT2D eigenvalue weighted by molar-refractivity contribution is 9.10. The topological polar surface area (TPSA) is 0 Å². The molecule has 0 aliphatic heterocycles. The molecule has 0 nitrogen and oxygen atoms in total. The number of benzene rings is 1. The Hall–Kier alpha value is -0.300. The summed E-state index contributed by atoms with van der Waals surface area (Å²) in [4.78, 5) is 0. The van der Waals surface area contributed by atoms with E-state index < -0.39 is 0 Å². The molecule has 0 aliphatic carbocycles. The molecule has 0 aromatic heterocycles. The monoisotopic (exact) mass is 366 g/mol. The molecule has 0 saturated heterocycles. The highest BCUT2D eigenvalue weighted by Crippen LogP contribution is 2.35. The second kappa shape index (κ2) is 11.3. The Bertz CT molecular complexity index is 385. The van der Waals surface area contributed by atoms with E-state index in [1.165, 1.54) is 80.7 Å². The maximum Gasteiger partial charge on any atom is 0.0177 e. The molecular formula is C21H35Br. The molecule has 0 spiro atoms. The summed E-state index contributed by atoms with van der Waals surface area (Å²) in [6.07, 6.45) is 15.0. The second-order valence-corrected chi connectivity index (χ2v) is 8.15. The zero-order chi connectivity index (χ0) is 16.3. The molecule has 1 aromatic carbocycles. The van der Waals surface area contributed by atoms with Crippen LogP contribution in [0.1, 0.15) is 90.5 Å². The average molecular weight is 367 g/mol. The number of unbranched alkanes of at least 4 members (excludes halogenated alkanes) is 6. The van der Waals surface area contributed by atoms with Crippen molar-refractivity contribution < 1.29 is 0 Å². The quantitative estimate of drug-likeness (QED) is 0.329. The van der Waals surface area contributed by atoms with Crippen LogP contribution in [0.4, 0.5) is 0 Å². The van der Waals surface area contributed by atoms with Crippen molar-refractivity contribution in [3.63, 3.8) is 0 Å². The molecule has 0 heterocycles. The predicted octanol–water partition coefficient (Wildman–Crippen LogP) is 7.94. The summed E-state index contributed by atoms with van der Waals surface area (Å²) in [5.74, 6) is 0. The SMILES string of the molecule is CCCCCCC(C)(CCCCCC)Cc1cccc(Br)c1. The lowest BCUT2D eigenvalue weighted by molar-refractivity contribution is 0.249. The van der Waals surface area contributed by atoms with E-state index in [9.17, 15) is 0 Å². The third-order valence-electron chi connectivity index (χ3n) is 4.79. The Morgan fingerprint density at radius 1 is 0.864 bits per heavy atom. The molecule has 0 aliphatic rings. The molecule has 126 valence electrons. The first-order valence-electron chi connectivity index (χ1n) is 9.34. The molecule has 0 radical (unpaired) electrons. The van der Waals surface area contributed by atoms with Crippen LogP contribution in [0.5, 0.6) is 0 Å². The van der Waals surface area contributed by atoms with Crippen molar-refractivity contribution in [1.29, 1.82) is 0 Å². The van der Waals surface area contributed by atoms with Crippen LogP contribution in [0, 0.1) is 5.41 Å². The number of hydrogen-bond donors (Lipinski definition) is 0. The van der Waals surface area contributed by atoms with E-state index in [-0.39, 0.29) is 0 Å². The van der Waals surface area contributed by atoms with E-state index in [4.69, 9.17) is 0 Å². The molecule has 1 aromatic rings. The van der Waals surface area contributed by atoms with Crippen molar-refractivity contribution >= 4 is 15.9 Å². The van der Waals surface area contributed by atoms with E-state index in [0.717, 1.165) is 0 Å². The van der Waals surface area contributed by atoms with Gasteiger partial charge in [0.25, 0.3) is 0 Å². The van der Waals surface area contributed by atoms with Crippen LogP contribution < -0.4 is 0 Å². The summed E-state index contributed by atoms with van der Waals surface area (Å²) < 4.78 is 1.21. The Balaban J connectivity index is 2.58. The average Bonchev–Trinajstić information content (AvgIpc) is 2.48. The van der Waals surface area contributed by atoms with Gasteiger partial charge in [-0.2, -0.15) is 0 Å². The van der Waals surface area contributed by atoms with Gasteiger partial charge >= 0.3 is 0 Å². The molecule has 1 heteroatoms. The van der Waals surface area contributed by atoms with Crippen LogP contribution in [0.2, 0.25) is 0 Å². The summed E-state index contributed by atoms with van der Waals surface area (Å²) in [6.45, 7) is 7.11. The molecule has 22 heavy (non-hydrogen) atoms. The number of halogens is 1. The van der Waals surface area contributed by atoms with Gasteiger partial charge in [-0.3, -0.25) is 0 Å². The molecule has 0 fully saturated rings. The molecule has 0 unspecified atom stereocenters. The van der Waals surface area contributed by atoms with Gasteiger partial charge < -0.3 is 0 Å². The van der Waals surface area contributed by atoms with Gasteiger partial charge in [-0.1, -0.05) is 100 Å². The van der Waals surface area contributed by atoms with Gasteiger partial charge in [-0.15, -0.1) is 0 Å². The van der Waals surface area contributed by atoms with Gasteiger partial charge in [-0.25, -0.2) is 0 Å². The summed E-state index contributed by atoms with van der Waals surface area (Å²) in [5.41, 5.74) is 1.96. The number of hydrogen-bond acceptors (Lipinski definition) is 0. The van der Waals surface area contributed by atoms with Gasteiger partial charge in [0.05, 0.1) is 0 Å². The van der Waals surface area contributed by atoms with E-state index >= 15 is 0 Å². The fourth-order valence-corrected chi connectivity index (χ4v) is 3.85. The molecular weight excluding hydrogens is 332 g/mol. The zero-order valence-corrected chi connectivity index (χ0v) is 16.6. The highest BCUT2D eigenvalue weighted by Gasteiger charge is 2.23.